The summed E-state index contributed by atoms with van der Waals surface area (Å²) in [5.74, 6) is -0.368. The second-order valence-corrected chi connectivity index (χ2v) is 5.36. The molecule has 0 heterocycles. The van der Waals surface area contributed by atoms with Gasteiger partial charge < -0.3 is 15.2 Å². The highest BCUT2D eigenvalue weighted by Crippen LogP contribution is 2.23. The Morgan fingerprint density at radius 3 is 2.61 bits per heavy atom. The molecular weight excluding hydrogens is 321 g/mol. The van der Waals surface area contributed by atoms with Crippen LogP contribution in [0.2, 0.25) is 5.02 Å². The summed E-state index contributed by atoms with van der Waals surface area (Å²) in [6, 6.07) is 10.6. The molecule has 1 amide bonds. The van der Waals surface area contributed by atoms with Gasteiger partial charge >= 0.3 is 0 Å². The van der Waals surface area contributed by atoms with Gasteiger partial charge in [-0.1, -0.05) is 30.7 Å². The molecule has 0 aromatic heterocycles. The second-order valence-electron chi connectivity index (χ2n) is 4.95. The Kier molecular flexibility index (Phi) is 5.96. The lowest BCUT2D eigenvalue weighted by Gasteiger charge is -2.11. The third-order valence-electron chi connectivity index (χ3n) is 3.23. The highest BCUT2D eigenvalue weighted by molar-refractivity contribution is 6.33. The van der Waals surface area contributed by atoms with Gasteiger partial charge in [0.15, 0.2) is 6.61 Å². The van der Waals surface area contributed by atoms with E-state index in [1.165, 1.54) is 12.1 Å². The number of amides is 1. The van der Waals surface area contributed by atoms with Crippen LogP contribution >= 0.6 is 11.6 Å². The van der Waals surface area contributed by atoms with E-state index >= 15 is 0 Å². The number of nitrogens with one attached hydrogen (secondary N) is 1. The largest absolute Gasteiger partial charge is 0.484 e. The van der Waals surface area contributed by atoms with Gasteiger partial charge in [-0.2, -0.15) is 0 Å². The fourth-order valence-electron chi connectivity index (χ4n) is 1.95. The van der Waals surface area contributed by atoms with Gasteiger partial charge in [0, 0.05) is 0 Å². The molecule has 0 aliphatic heterocycles. The highest BCUT2D eigenvalue weighted by Gasteiger charge is 2.08. The van der Waals surface area contributed by atoms with Crippen molar-refractivity contribution in [3.63, 3.8) is 0 Å². The van der Waals surface area contributed by atoms with Crippen LogP contribution < -0.4 is 10.1 Å². The Labute approximate surface area is 138 Å². The molecule has 0 saturated heterocycles. The summed E-state index contributed by atoms with van der Waals surface area (Å²) < 4.78 is 18.3. The molecule has 1 atom stereocenters. The van der Waals surface area contributed by atoms with E-state index in [9.17, 15) is 14.3 Å². The molecule has 1 unspecified atom stereocenters. The van der Waals surface area contributed by atoms with Crippen molar-refractivity contribution in [2.45, 2.75) is 19.4 Å². The van der Waals surface area contributed by atoms with Gasteiger partial charge in [-0.15, -0.1) is 0 Å². The molecular formula is C17H17ClFNO3. The van der Waals surface area contributed by atoms with Crippen molar-refractivity contribution < 1.29 is 19.0 Å². The van der Waals surface area contributed by atoms with E-state index in [0.717, 1.165) is 11.6 Å². The average molecular weight is 338 g/mol. The fourth-order valence-corrected chi connectivity index (χ4v) is 2.16. The predicted octanol–water partition coefficient (Wildman–Crippen LogP) is 3.94. The first kappa shape index (κ1) is 17.2. The number of aliphatic hydroxyl groups excluding tert-OH is 1. The van der Waals surface area contributed by atoms with E-state index in [2.05, 4.69) is 5.32 Å². The van der Waals surface area contributed by atoms with Crippen LogP contribution in [0.4, 0.5) is 10.1 Å². The molecule has 0 aliphatic rings. The fraction of sp³-hybridized carbons (Fsp3) is 0.235. The predicted molar refractivity (Wildman–Crippen MR) is 87.2 cm³/mol. The topological polar surface area (TPSA) is 58.6 Å². The molecule has 0 fully saturated rings. The Morgan fingerprint density at radius 2 is 2.00 bits per heavy atom. The molecule has 122 valence electrons. The van der Waals surface area contributed by atoms with Crippen LogP contribution in [-0.4, -0.2) is 17.6 Å². The minimum atomic E-state index is -0.507. The Balaban J connectivity index is 1.89. The lowest BCUT2D eigenvalue weighted by Crippen LogP contribution is -2.20. The third kappa shape index (κ3) is 4.94. The number of aliphatic hydroxyl groups is 1. The molecule has 0 radical (unpaired) electrons. The number of benzene rings is 2. The minimum absolute atomic E-state index is 0.122. The van der Waals surface area contributed by atoms with Gasteiger partial charge in [-0.05, 0) is 42.3 Å². The maximum Gasteiger partial charge on any atom is 0.262 e. The Hall–Kier alpha value is -2.11. The van der Waals surface area contributed by atoms with E-state index < -0.39 is 17.8 Å². The quantitative estimate of drug-likeness (QED) is 0.839. The van der Waals surface area contributed by atoms with Gasteiger partial charge in [0.25, 0.3) is 5.91 Å². The van der Waals surface area contributed by atoms with Crippen LogP contribution in [0.5, 0.6) is 5.75 Å². The van der Waals surface area contributed by atoms with Gasteiger partial charge in [0.05, 0.1) is 16.8 Å². The molecule has 0 bridgehead atoms. The maximum absolute atomic E-state index is 12.9. The third-order valence-corrected chi connectivity index (χ3v) is 3.54. The van der Waals surface area contributed by atoms with Crippen molar-refractivity contribution in [2.75, 3.05) is 11.9 Å². The number of ether oxygens (including phenoxy) is 1. The van der Waals surface area contributed by atoms with Crippen molar-refractivity contribution in [2.24, 2.45) is 0 Å². The smallest absolute Gasteiger partial charge is 0.262 e. The SMILES string of the molecule is CCC(O)c1ccc(OCC(=O)Nc2ccc(F)cc2Cl)cc1. The van der Waals surface area contributed by atoms with E-state index in [0.29, 0.717) is 17.9 Å². The van der Waals surface area contributed by atoms with Crippen molar-refractivity contribution in [3.05, 3.63) is 58.9 Å². The summed E-state index contributed by atoms with van der Waals surface area (Å²) in [5, 5.41) is 12.4. The van der Waals surface area contributed by atoms with Crippen molar-refractivity contribution >= 4 is 23.2 Å². The first-order chi connectivity index (χ1) is 11.0. The van der Waals surface area contributed by atoms with Gasteiger partial charge in [0.2, 0.25) is 0 Å². The first-order valence-electron chi connectivity index (χ1n) is 7.15. The molecule has 2 aromatic rings. The standard InChI is InChI=1S/C17H17ClFNO3/c1-2-16(21)11-3-6-13(7-4-11)23-10-17(22)20-15-8-5-12(19)9-14(15)18/h3-9,16,21H,2,10H2,1H3,(H,20,22). The second kappa shape index (κ2) is 7.94. The zero-order chi connectivity index (χ0) is 16.8. The molecule has 2 N–H and O–H groups in total. The zero-order valence-corrected chi connectivity index (χ0v) is 13.3. The van der Waals surface area contributed by atoms with Crippen LogP contribution in [0.3, 0.4) is 0 Å². The molecule has 2 rings (SSSR count). The number of carbonyl (C=O) groups excluding carboxylic acids is 1. The van der Waals surface area contributed by atoms with Gasteiger partial charge in [0.1, 0.15) is 11.6 Å². The first-order valence-corrected chi connectivity index (χ1v) is 7.53. The lowest BCUT2D eigenvalue weighted by atomic mass is 10.1. The van der Waals surface area contributed by atoms with Crippen LogP contribution in [0, 0.1) is 5.82 Å². The van der Waals surface area contributed by atoms with Crippen molar-refractivity contribution in [1.82, 2.24) is 0 Å². The van der Waals surface area contributed by atoms with Crippen molar-refractivity contribution in [1.29, 1.82) is 0 Å². The molecule has 0 aliphatic carbocycles. The van der Waals surface area contributed by atoms with E-state index in [1.54, 1.807) is 24.3 Å². The number of halogens is 2. The summed E-state index contributed by atoms with van der Waals surface area (Å²) in [6.07, 6.45) is 0.120. The monoisotopic (exact) mass is 337 g/mol. The zero-order valence-electron chi connectivity index (χ0n) is 12.6. The number of carbonyl (C=O) groups is 1. The number of rotatable bonds is 6. The summed E-state index contributed by atoms with van der Waals surface area (Å²) in [4.78, 5) is 11.8. The summed E-state index contributed by atoms with van der Waals surface area (Å²) in [5.41, 5.74) is 1.12. The normalized spacial score (nSPS) is 11.8. The Bertz CT molecular complexity index is 676. The Morgan fingerprint density at radius 1 is 1.30 bits per heavy atom. The van der Waals surface area contributed by atoms with Crippen LogP contribution in [0.15, 0.2) is 42.5 Å². The molecule has 6 heteroatoms. The van der Waals surface area contributed by atoms with E-state index in [1.807, 2.05) is 6.92 Å². The van der Waals surface area contributed by atoms with Gasteiger partial charge in [-0.3, -0.25) is 4.79 Å². The highest BCUT2D eigenvalue weighted by atomic mass is 35.5. The number of hydrogen-bond acceptors (Lipinski definition) is 3. The molecule has 2 aromatic carbocycles. The van der Waals surface area contributed by atoms with E-state index in [-0.39, 0.29) is 11.6 Å². The lowest BCUT2D eigenvalue weighted by molar-refractivity contribution is -0.118. The van der Waals surface area contributed by atoms with E-state index in [4.69, 9.17) is 16.3 Å². The van der Waals surface area contributed by atoms with Crippen LogP contribution in [-0.2, 0) is 4.79 Å². The minimum Gasteiger partial charge on any atom is -0.484 e. The maximum atomic E-state index is 12.9. The van der Waals surface area contributed by atoms with Crippen LogP contribution in [0.1, 0.15) is 25.0 Å². The summed E-state index contributed by atoms with van der Waals surface area (Å²) in [6.45, 7) is 1.68. The van der Waals surface area contributed by atoms with Gasteiger partial charge in [-0.25, -0.2) is 4.39 Å². The number of hydrogen-bond donors (Lipinski definition) is 2. The van der Waals surface area contributed by atoms with Crippen LogP contribution in [0.25, 0.3) is 0 Å². The summed E-state index contributed by atoms with van der Waals surface area (Å²) >= 11 is 5.83. The van der Waals surface area contributed by atoms with Crippen molar-refractivity contribution in [3.8, 4) is 5.75 Å². The molecule has 0 saturated carbocycles. The summed E-state index contributed by atoms with van der Waals surface area (Å²) in [7, 11) is 0. The number of anilines is 1. The molecule has 4 nitrogen and oxygen atoms in total. The average Bonchev–Trinajstić information content (AvgIpc) is 2.55. The molecule has 23 heavy (non-hydrogen) atoms. The molecule has 0 spiro atoms.